The molecular formula is C13H15ClN4O3. The van der Waals surface area contributed by atoms with E-state index in [4.69, 9.17) is 21.4 Å². The molecule has 2 rings (SSSR count). The number of halogens is 1. The van der Waals surface area contributed by atoms with E-state index in [2.05, 4.69) is 15.5 Å². The lowest BCUT2D eigenvalue weighted by Gasteiger charge is -2.18. The number of carbonyl (C=O) groups is 1. The van der Waals surface area contributed by atoms with E-state index in [0.717, 1.165) is 0 Å². The van der Waals surface area contributed by atoms with Crippen molar-refractivity contribution in [2.24, 2.45) is 0 Å². The number of rotatable bonds is 3. The molecule has 112 valence electrons. The van der Waals surface area contributed by atoms with E-state index >= 15 is 0 Å². The largest absolute Gasteiger partial charge is 0.496 e. The number of nitrogens with zero attached hydrogens (tertiary/aromatic N) is 4. The SMILES string of the molecule is COc1cc(-n2nnnc2C(C)(C)C)c(Cl)cc1C(=O)O. The van der Waals surface area contributed by atoms with Crippen molar-refractivity contribution >= 4 is 17.6 Å². The number of hydrogen-bond donors (Lipinski definition) is 1. The minimum atomic E-state index is -1.12. The third-order valence-corrected chi connectivity index (χ3v) is 3.17. The zero-order valence-electron chi connectivity index (χ0n) is 12.1. The van der Waals surface area contributed by atoms with Crippen LogP contribution in [0.2, 0.25) is 5.02 Å². The monoisotopic (exact) mass is 310 g/mol. The van der Waals surface area contributed by atoms with Gasteiger partial charge in [-0.3, -0.25) is 0 Å². The lowest BCUT2D eigenvalue weighted by atomic mass is 9.95. The number of hydrogen-bond acceptors (Lipinski definition) is 5. The summed E-state index contributed by atoms with van der Waals surface area (Å²) in [5, 5.41) is 21.0. The molecule has 0 saturated carbocycles. The van der Waals surface area contributed by atoms with Crippen LogP contribution in [0.15, 0.2) is 12.1 Å². The summed E-state index contributed by atoms with van der Waals surface area (Å²) < 4.78 is 6.59. The molecule has 1 aromatic heterocycles. The first kappa shape index (κ1) is 15.2. The van der Waals surface area contributed by atoms with Gasteiger partial charge in [-0.05, 0) is 16.5 Å². The smallest absolute Gasteiger partial charge is 0.339 e. The molecule has 2 aromatic rings. The normalized spacial score (nSPS) is 11.5. The van der Waals surface area contributed by atoms with Crippen LogP contribution in [0.1, 0.15) is 37.0 Å². The maximum Gasteiger partial charge on any atom is 0.339 e. The molecule has 0 spiro atoms. The van der Waals surface area contributed by atoms with Gasteiger partial charge in [-0.15, -0.1) is 5.10 Å². The molecule has 0 bridgehead atoms. The van der Waals surface area contributed by atoms with E-state index in [1.54, 1.807) is 0 Å². The summed E-state index contributed by atoms with van der Waals surface area (Å²) in [5.74, 6) is -0.320. The fourth-order valence-corrected chi connectivity index (χ4v) is 2.10. The molecule has 1 aromatic carbocycles. The highest BCUT2D eigenvalue weighted by Crippen LogP contribution is 2.31. The number of aromatic carboxylic acids is 1. The van der Waals surface area contributed by atoms with Crippen LogP contribution < -0.4 is 4.74 Å². The molecular weight excluding hydrogens is 296 g/mol. The second-order valence-electron chi connectivity index (χ2n) is 5.47. The van der Waals surface area contributed by atoms with Crippen molar-refractivity contribution in [3.63, 3.8) is 0 Å². The van der Waals surface area contributed by atoms with Gasteiger partial charge in [0.05, 0.1) is 17.8 Å². The molecule has 0 radical (unpaired) electrons. The van der Waals surface area contributed by atoms with Crippen LogP contribution in [0.4, 0.5) is 0 Å². The zero-order valence-corrected chi connectivity index (χ0v) is 12.8. The summed E-state index contributed by atoms with van der Waals surface area (Å²) in [6, 6.07) is 2.84. The van der Waals surface area contributed by atoms with Gasteiger partial charge in [-0.25, -0.2) is 4.79 Å². The minimum Gasteiger partial charge on any atom is -0.496 e. The van der Waals surface area contributed by atoms with Gasteiger partial charge >= 0.3 is 5.97 Å². The first-order valence-electron chi connectivity index (χ1n) is 6.15. The Hall–Kier alpha value is -2.15. The highest BCUT2D eigenvalue weighted by atomic mass is 35.5. The topological polar surface area (TPSA) is 90.1 Å². The molecule has 21 heavy (non-hydrogen) atoms. The van der Waals surface area contributed by atoms with Gasteiger partial charge in [0.15, 0.2) is 5.82 Å². The fraction of sp³-hybridized carbons (Fsp3) is 0.385. The van der Waals surface area contributed by atoms with E-state index in [9.17, 15) is 4.79 Å². The molecule has 0 aliphatic carbocycles. The Morgan fingerprint density at radius 3 is 2.57 bits per heavy atom. The number of ether oxygens (including phenoxy) is 1. The van der Waals surface area contributed by atoms with Gasteiger partial charge in [0.25, 0.3) is 0 Å². The van der Waals surface area contributed by atoms with Crippen LogP contribution >= 0.6 is 11.6 Å². The molecule has 0 saturated heterocycles. The molecule has 0 aliphatic heterocycles. The van der Waals surface area contributed by atoms with Gasteiger partial charge in [0.2, 0.25) is 0 Å². The predicted molar refractivity (Wildman–Crippen MR) is 76.4 cm³/mol. The van der Waals surface area contributed by atoms with Crippen LogP contribution in [-0.4, -0.2) is 38.4 Å². The van der Waals surface area contributed by atoms with Crippen molar-refractivity contribution in [1.82, 2.24) is 20.2 Å². The Balaban J connectivity index is 2.66. The molecule has 1 N–H and O–H groups in total. The first-order chi connectivity index (χ1) is 9.75. The van der Waals surface area contributed by atoms with Crippen molar-refractivity contribution in [3.8, 4) is 11.4 Å². The molecule has 0 atom stereocenters. The van der Waals surface area contributed by atoms with E-state index in [-0.39, 0.29) is 21.8 Å². The zero-order chi connectivity index (χ0) is 15.8. The summed E-state index contributed by atoms with van der Waals surface area (Å²) in [6.45, 7) is 5.89. The first-order valence-corrected chi connectivity index (χ1v) is 6.53. The molecule has 0 fully saturated rings. The average Bonchev–Trinajstić information content (AvgIpc) is 2.87. The Morgan fingerprint density at radius 2 is 2.05 bits per heavy atom. The highest BCUT2D eigenvalue weighted by Gasteiger charge is 2.25. The Labute approximate surface area is 126 Å². The third-order valence-electron chi connectivity index (χ3n) is 2.87. The number of tetrazole rings is 1. The maximum atomic E-state index is 11.2. The van der Waals surface area contributed by atoms with Crippen LogP contribution in [0, 0.1) is 0 Å². The van der Waals surface area contributed by atoms with Crippen LogP contribution in [0.25, 0.3) is 5.69 Å². The molecule has 0 amide bonds. The van der Waals surface area contributed by atoms with Gasteiger partial charge in [0.1, 0.15) is 11.3 Å². The summed E-state index contributed by atoms with van der Waals surface area (Å²) in [7, 11) is 1.39. The quantitative estimate of drug-likeness (QED) is 0.935. The van der Waals surface area contributed by atoms with Crippen LogP contribution in [0.3, 0.4) is 0 Å². The summed E-state index contributed by atoms with van der Waals surface area (Å²) >= 11 is 6.18. The van der Waals surface area contributed by atoms with Crippen LogP contribution in [0.5, 0.6) is 5.75 Å². The number of carboxylic acid groups (broad SMARTS) is 1. The summed E-state index contributed by atoms with van der Waals surface area (Å²) in [6.07, 6.45) is 0. The van der Waals surface area contributed by atoms with Crippen molar-refractivity contribution < 1.29 is 14.6 Å². The van der Waals surface area contributed by atoms with E-state index in [1.807, 2.05) is 20.8 Å². The number of aromatic nitrogens is 4. The van der Waals surface area contributed by atoms with E-state index in [1.165, 1.54) is 23.9 Å². The van der Waals surface area contributed by atoms with E-state index in [0.29, 0.717) is 11.5 Å². The lowest BCUT2D eigenvalue weighted by Crippen LogP contribution is -2.19. The standard InChI is InChI=1S/C13H15ClN4O3/c1-13(2,3)12-15-16-17-18(12)9-6-10(21-4)7(11(19)20)5-8(9)14/h5-6H,1-4H3,(H,19,20). The molecule has 7 nitrogen and oxygen atoms in total. The third kappa shape index (κ3) is 2.82. The maximum absolute atomic E-state index is 11.2. The van der Waals surface area contributed by atoms with Gasteiger partial charge in [-0.1, -0.05) is 32.4 Å². The van der Waals surface area contributed by atoms with Gasteiger partial charge in [-0.2, -0.15) is 4.68 Å². The average molecular weight is 311 g/mol. The molecule has 1 heterocycles. The second-order valence-corrected chi connectivity index (χ2v) is 5.88. The van der Waals surface area contributed by atoms with Crippen LogP contribution in [-0.2, 0) is 5.41 Å². The molecule has 0 unspecified atom stereocenters. The Bertz CT molecular complexity index is 691. The highest BCUT2D eigenvalue weighted by molar-refractivity contribution is 6.32. The van der Waals surface area contributed by atoms with Gasteiger partial charge in [0, 0.05) is 11.5 Å². The van der Waals surface area contributed by atoms with Crippen molar-refractivity contribution in [2.75, 3.05) is 7.11 Å². The van der Waals surface area contributed by atoms with Gasteiger partial charge < -0.3 is 9.84 Å². The van der Waals surface area contributed by atoms with E-state index < -0.39 is 5.97 Å². The Kier molecular flexibility index (Phi) is 3.87. The van der Waals surface area contributed by atoms with Crippen molar-refractivity contribution in [1.29, 1.82) is 0 Å². The number of methoxy groups -OCH3 is 1. The summed E-state index contributed by atoms with van der Waals surface area (Å²) in [4.78, 5) is 11.2. The number of benzene rings is 1. The Morgan fingerprint density at radius 1 is 1.38 bits per heavy atom. The molecule has 0 aliphatic rings. The minimum absolute atomic E-state index is 0.0170. The molecule has 8 heteroatoms. The second kappa shape index (κ2) is 5.33. The predicted octanol–water partition coefficient (Wildman–Crippen LogP) is 2.32. The summed E-state index contributed by atoms with van der Waals surface area (Å²) in [5.41, 5.74) is 0.149. The number of carboxylic acids is 1. The fourth-order valence-electron chi connectivity index (χ4n) is 1.86. The lowest BCUT2D eigenvalue weighted by molar-refractivity contribution is 0.0693. The van der Waals surface area contributed by atoms with Crippen molar-refractivity contribution in [2.45, 2.75) is 26.2 Å². The van der Waals surface area contributed by atoms with Crippen molar-refractivity contribution in [3.05, 3.63) is 28.5 Å².